The minimum Gasteiger partial charge on any atom is -0.478 e. The van der Waals surface area contributed by atoms with Crippen LogP contribution in [0.1, 0.15) is 16.1 Å². The molecule has 0 aliphatic carbocycles. The summed E-state index contributed by atoms with van der Waals surface area (Å²) >= 11 is 5.94. The fourth-order valence-corrected chi connectivity index (χ4v) is 1.89. The number of carbonyl (C=O) groups is 2. The van der Waals surface area contributed by atoms with E-state index in [0.29, 0.717) is 17.1 Å². The van der Waals surface area contributed by atoms with E-state index in [2.05, 4.69) is 4.74 Å². The summed E-state index contributed by atoms with van der Waals surface area (Å²) in [7, 11) is 1.27. The van der Waals surface area contributed by atoms with Gasteiger partial charge in [-0.1, -0.05) is 11.6 Å². The lowest BCUT2D eigenvalue weighted by Gasteiger charge is -2.04. The van der Waals surface area contributed by atoms with Crippen LogP contribution >= 0.6 is 11.6 Å². The summed E-state index contributed by atoms with van der Waals surface area (Å²) in [5.74, 6) is -0.726. The van der Waals surface area contributed by atoms with Gasteiger partial charge in [0.2, 0.25) is 0 Å². The number of carboxylic acids is 1. The number of rotatable bonds is 4. The number of aliphatic carboxylic acids is 1. The molecule has 21 heavy (non-hydrogen) atoms. The highest BCUT2D eigenvalue weighted by molar-refractivity contribution is 6.33. The molecule has 0 aliphatic rings. The maximum atomic E-state index is 11.6. The summed E-state index contributed by atoms with van der Waals surface area (Å²) in [5, 5.41) is 8.84. The van der Waals surface area contributed by atoms with Crippen molar-refractivity contribution < 1.29 is 23.8 Å². The molecule has 1 N–H and O–H groups in total. The van der Waals surface area contributed by atoms with E-state index in [1.165, 1.54) is 13.2 Å². The lowest BCUT2D eigenvalue weighted by atomic mass is 10.1. The zero-order valence-corrected chi connectivity index (χ0v) is 11.8. The Labute approximate surface area is 125 Å². The first-order valence-electron chi connectivity index (χ1n) is 5.90. The Morgan fingerprint density at radius 2 is 2.05 bits per heavy atom. The maximum Gasteiger partial charge on any atom is 0.339 e. The van der Waals surface area contributed by atoms with Crippen LogP contribution in [0.5, 0.6) is 0 Å². The van der Waals surface area contributed by atoms with Crippen molar-refractivity contribution in [3.8, 4) is 11.3 Å². The zero-order chi connectivity index (χ0) is 15.4. The maximum absolute atomic E-state index is 11.6. The first kappa shape index (κ1) is 14.9. The number of methoxy groups -OCH3 is 1. The minimum atomic E-state index is -1.06. The summed E-state index contributed by atoms with van der Waals surface area (Å²) in [6, 6.07) is 8.11. The molecule has 2 aromatic rings. The molecule has 108 valence electrons. The molecular weight excluding hydrogens is 296 g/mol. The second kappa shape index (κ2) is 6.28. The van der Waals surface area contributed by atoms with Crippen LogP contribution in [0, 0.1) is 0 Å². The van der Waals surface area contributed by atoms with Crippen molar-refractivity contribution in [3.63, 3.8) is 0 Å². The lowest BCUT2D eigenvalue weighted by molar-refractivity contribution is -0.131. The molecule has 0 saturated heterocycles. The number of furan rings is 1. The molecule has 5 nitrogen and oxygen atoms in total. The quantitative estimate of drug-likeness (QED) is 0.691. The highest BCUT2D eigenvalue weighted by Gasteiger charge is 2.13. The average Bonchev–Trinajstić information content (AvgIpc) is 2.93. The third-order valence-electron chi connectivity index (χ3n) is 2.67. The first-order chi connectivity index (χ1) is 10.0. The Bertz CT molecular complexity index is 715. The first-order valence-corrected chi connectivity index (χ1v) is 6.28. The van der Waals surface area contributed by atoms with E-state index in [9.17, 15) is 9.59 Å². The van der Waals surface area contributed by atoms with Gasteiger partial charge >= 0.3 is 11.9 Å². The Kier molecular flexibility index (Phi) is 4.45. The van der Waals surface area contributed by atoms with Crippen LogP contribution in [0.4, 0.5) is 0 Å². The normalized spacial score (nSPS) is 10.8. The van der Waals surface area contributed by atoms with Crippen LogP contribution in [-0.4, -0.2) is 24.2 Å². The summed E-state index contributed by atoms with van der Waals surface area (Å²) < 4.78 is 10.1. The van der Waals surface area contributed by atoms with Crippen LogP contribution < -0.4 is 0 Å². The van der Waals surface area contributed by atoms with Gasteiger partial charge in [-0.05, 0) is 36.4 Å². The molecule has 0 saturated carbocycles. The van der Waals surface area contributed by atoms with E-state index in [4.69, 9.17) is 21.1 Å². The van der Waals surface area contributed by atoms with Crippen molar-refractivity contribution in [2.24, 2.45) is 0 Å². The smallest absolute Gasteiger partial charge is 0.339 e. The topological polar surface area (TPSA) is 76.7 Å². The second-order valence-corrected chi connectivity index (χ2v) is 4.47. The molecule has 0 bridgehead atoms. The van der Waals surface area contributed by atoms with Gasteiger partial charge in [0.25, 0.3) is 0 Å². The predicted molar refractivity (Wildman–Crippen MR) is 77.2 cm³/mol. The Morgan fingerprint density at radius 1 is 1.29 bits per heavy atom. The van der Waals surface area contributed by atoms with Crippen molar-refractivity contribution in [2.45, 2.75) is 0 Å². The summed E-state index contributed by atoms with van der Waals surface area (Å²) in [6.45, 7) is 0. The molecule has 1 aromatic carbocycles. The SMILES string of the molecule is COC(=O)c1cc(-c2ccc(C=CC(=O)O)o2)ccc1Cl. The molecular formula is C15H11ClO5. The van der Waals surface area contributed by atoms with Crippen LogP contribution in [0.15, 0.2) is 40.8 Å². The van der Waals surface area contributed by atoms with E-state index in [0.717, 1.165) is 6.08 Å². The van der Waals surface area contributed by atoms with E-state index in [-0.39, 0.29) is 10.6 Å². The third-order valence-corrected chi connectivity index (χ3v) is 3.00. The summed E-state index contributed by atoms with van der Waals surface area (Å²) in [6.07, 6.45) is 2.31. The number of halogens is 1. The van der Waals surface area contributed by atoms with E-state index in [1.807, 2.05) is 0 Å². The van der Waals surface area contributed by atoms with Gasteiger partial charge in [0.15, 0.2) is 0 Å². The molecule has 0 unspecified atom stereocenters. The Morgan fingerprint density at radius 3 is 2.71 bits per heavy atom. The van der Waals surface area contributed by atoms with Crippen molar-refractivity contribution >= 4 is 29.6 Å². The number of esters is 1. The summed E-state index contributed by atoms with van der Waals surface area (Å²) in [5.41, 5.74) is 0.866. The standard InChI is InChI=1S/C15H11ClO5/c1-20-15(19)11-8-9(2-5-12(11)16)13-6-3-10(21-13)4-7-14(17)18/h2-8H,1H3,(H,17,18). The van der Waals surface area contributed by atoms with E-state index < -0.39 is 11.9 Å². The fourth-order valence-electron chi connectivity index (χ4n) is 1.70. The molecule has 1 heterocycles. The number of carboxylic acid groups (broad SMARTS) is 1. The monoisotopic (exact) mass is 306 g/mol. The predicted octanol–water partition coefficient (Wildman–Crippen LogP) is 3.48. The van der Waals surface area contributed by atoms with Gasteiger partial charge in [-0.25, -0.2) is 9.59 Å². The van der Waals surface area contributed by atoms with Crippen molar-refractivity contribution in [1.29, 1.82) is 0 Å². The van der Waals surface area contributed by atoms with Crippen LogP contribution in [0.3, 0.4) is 0 Å². The fraction of sp³-hybridized carbons (Fsp3) is 0.0667. The Balaban J connectivity index is 2.34. The second-order valence-electron chi connectivity index (χ2n) is 4.06. The van der Waals surface area contributed by atoms with Gasteiger partial charge in [-0.15, -0.1) is 0 Å². The van der Waals surface area contributed by atoms with E-state index >= 15 is 0 Å². The average molecular weight is 307 g/mol. The van der Waals surface area contributed by atoms with E-state index in [1.54, 1.807) is 30.3 Å². The molecule has 0 fully saturated rings. The van der Waals surface area contributed by atoms with Gasteiger partial charge in [-0.2, -0.15) is 0 Å². The van der Waals surface area contributed by atoms with Crippen LogP contribution in [0.2, 0.25) is 5.02 Å². The van der Waals surface area contributed by atoms with Gasteiger partial charge in [0, 0.05) is 11.6 Å². The molecule has 0 atom stereocenters. The number of carbonyl (C=O) groups excluding carboxylic acids is 1. The zero-order valence-electron chi connectivity index (χ0n) is 11.0. The highest BCUT2D eigenvalue weighted by Crippen LogP contribution is 2.27. The molecule has 0 spiro atoms. The van der Waals surface area contributed by atoms with Crippen molar-refractivity contribution in [3.05, 3.63) is 52.8 Å². The van der Waals surface area contributed by atoms with Gasteiger partial charge in [-0.3, -0.25) is 0 Å². The molecule has 0 amide bonds. The largest absolute Gasteiger partial charge is 0.478 e. The number of ether oxygens (including phenoxy) is 1. The molecule has 2 rings (SSSR count). The molecule has 1 aromatic heterocycles. The molecule has 0 radical (unpaired) electrons. The Hall–Kier alpha value is -2.53. The number of benzene rings is 1. The number of hydrogen-bond acceptors (Lipinski definition) is 4. The van der Waals surface area contributed by atoms with Gasteiger partial charge < -0.3 is 14.3 Å². The summed E-state index contributed by atoms with van der Waals surface area (Å²) in [4.78, 5) is 22.0. The van der Waals surface area contributed by atoms with Crippen LogP contribution in [0.25, 0.3) is 17.4 Å². The van der Waals surface area contributed by atoms with Crippen molar-refractivity contribution in [1.82, 2.24) is 0 Å². The molecule has 0 aliphatic heterocycles. The van der Waals surface area contributed by atoms with Gasteiger partial charge in [0.1, 0.15) is 11.5 Å². The minimum absolute atomic E-state index is 0.232. The third kappa shape index (κ3) is 3.52. The molecule has 6 heteroatoms. The number of hydrogen-bond donors (Lipinski definition) is 1. The van der Waals surface area contributed by atoms with Gasteiger partial charge in [0.05, 0.1) is 17.7 Å². The highest BCUT2D eigenvalue weighted by atomic mass is 35.5. The lowest BCUT2D eigenvalue weighted by Crippen LogP contribution is -2.02. The van der Waals surface area contributed by atoms with Crippen LogP contribution in [-0.2, 0) is 9.53 Å². The van der Waals surface area contributed by atoms with Crippen molar-refractivity contribution in [2.75, 3.05) is 7.11 Å².